The number of aromatic nitrogens is 3. The van der Waals surface area contributed by atoms with E-state index in [0.29, 0.717) is 11.3 Å². The van der Waals surface area contributed by atoms with Crippen LogP contribution in [0.15, 0.2) is 30.6 Å². The molecule has 0 amide bonds. The summed E-state index contributed by atoms with van der Waals surface area (Å²) in [4.78, 5) is 18.2. The second-order valence-electron chi connectivity index (χ2n) is 6.78. The van der Waals surface area contributed by atoms with E-state index in [0.717, 1.165) is 18.2 Å². The van der Waals surface area contributed by atoms with Crippen molar-refractivity contribution >= 4 is 23.1 Å². The number of carbonyl (C=O) groups is 1. The summed E-state index contributed by atoms with van der Waals surface area (Å²) in [6.45, 7) is 2.02. The van der Waals surface area contributed by atoms with Crippen molar-refractivity contribution < 1.29 is 23.4 Å². The van der Waals surface area contributed by atoms with Gasteiger partial charge in [-0.3, -0.25) is 0 Å². The Kier molecular flexibility index (Phi) is 4.79. The van der Waals surface area contributed by atoms with Crippen LogP contribution in [-0.2, 0) is 4.74 Å². The van der Waals surface area contributed by atoms with E-state index in [9.17, 15) is 18.7 Å². The van der Waals surface area contributed by atoms with Gasteiger partial charge in [-0.1, -0.05) is 0 Å². The first-order valence-electron chi connectivity index (χ1n) is 9.09. The normalized spacial score (nSPS) is 19.1. The Bertz CT molecular complexity index is 1090. The number of ether oxygens (including phenoxy) is 1. The maximum Gasteiger partial charge on any atom is 0.344 e. The van der Waals surface area contributed by atoms with E-state index < -0.39 is 29.7 Å². The molecule has 0 bridgehead atoms. The summed E-state index contributed by atoms with van der Waals surface area (Å²) >= 11 is 0. The van der Waals surface area contributed by atoms with Gasteiger partial charge in [-0.15, -0.1) is 5.10 Å². The van der Waals surface area contributed by atoms with Crippen LogP contribution in [0, 0.1) is 11.6 Å². The van der Waals surface area contributed by atoms with E-state index >= 15 is 0 Å². The molecule has 0 radical (unpaired) electrons. The smallest absolute Gasteiger partial charge is 0.344 e. The summed E-state index contributed by atoms with van der Waals surface area (Å²) in [5.41, 5.74) is 6.45. The van der Waals surface area contributed by atoms with E-state index in [1.54, 1.807) is 17.9 Å². The van der Waals surface area contributed by atoms with Crippen molar-refractivity contribution in [1.29, 1.82) is 0 Å². The Labute approximate surface area is 164 Å². The number of halogens is 2. The molecular formula is C19H19F2N5O3. The van der Waals surface area contributed by atoms with Crippen LogP contribution in [0.25, 0.3) is 5.52 Å². The van der Waals surface area contributed by atoms with Gasteiger partial charge in [-0.05, 0) is 31.5 Å². The van der Waals surface area contributed by atoms with E-state index in [1.807, 2.05) is 0 Å². The molecule has 1 aliphatic rings. The van der Waals surface area contributed by atoms with Crippen molar-refractivity contribution in [1.82, 2.24) is 14.6 Å². The number of fused-ring (bicyclic) bond motifs is 1. The largest absolute Gasteiger partial charge is 0.462 e. The molecule has 1 unspecified atom stereocenters. The summed E-state index contributed by atoms with van der Waals surface area (Å²) in [7, 11) is 0. The maximum absolute atomic E-state index is 14.4. The zero-order chi connectivity index (χ0) is 20.7. The van der Waals surface area contributed by atoms with Gasteiger partial charge in [-0.25, -0.2) is 23.1 Å². The lowest BCUT2D eigenvalue weighted by molar-refractivity contribution is 0.0530. The summed E-state index contributed by atoms with van der Waals surface area (Å²) in [6.07, 6.45) is 0.826. The lowest BCUT2D eigenvalue weighted by atomic mass is 10.0. The van der Waals surface area contributed by atoms with Crippen LogP contribution < -0.4 is 10.6 Å². The highest BCUT2D eigenvalue weighted by molar-refractivity contribution is 6.02. The molecule has 0 aliphatic carbocycles. The molecule has 0 saturated carbocycles. The van der Waals surface area contributed by atoms with E-state index in [-0.39, 0.29) is 36.5 Å². The third kappa shape index (κ3) is 3.35. The average Bonchev–Trinajstić information content (AvgIpc) is 3.22. The summed E-state index contributed by atoms with van der Waals surface area (Å²) in [5.74, 6) is -1.40. The SMILES string of the molecule is CCOC(=O)c1c(N)nn2cnc(N3C[C@H](O)CC3c3cc(F)ccc3F)cc12. The lowest BCUT2D eigenvalue weighted by Gasteiger charge is -2.26. The fraction of sp³-hybridized carbons (Fsp3) is 0.316. The molecule has 152 valence electrons. The molecule has 10 heteroatoms. The van der Waals surface area contributed by atoms with Crippen LogP contribution in [-0.4, -0.2) is 44.9 Å². The number of benzene rings is 1. The fourth-order valence-electron chi connectivity index (χ4n) is 3.67. The van der Waals surface area contributed by atoms with Crippen molar-refractivity contribution in [2.45, 2.75) is 25.5 Å². The molecule has 2 atom stereocenters. The Morgan fingerprint density at radius 1 is 1.38 bits per heavy atom. The lowest BCUT2D eigenvalue weighted by Crippen LogP contribution is -2.26. The number of nitrogen functional groups attached to an aromatic ring is 1. The zero-order valence-corrected chi connectivity index (χ0v) is 15.5. The quantitative estimate of drug-likeness (QED) is 0.643. The van der Waals surface area contributed by atoms with Crippen molar-refractivity contribution in [3.8, 4) is 0 Å². The Morgan fingerprint density at radius 3 is 2.93 bits per heavy atom. The Morgan fingerprint density at radius 2 is 2.17 bits per heavy atom. The molecule has 29 heavy (non-hydrogen) atoms. The molecule has 8 nitrogen and oxygen atoms in total. The molecule has 3 N–H and O–H groups in total. The van der Waals surface area contributed by atoms with Crippen LogP contribution in [0.4, 0.5) is 20.4 Å². The topological polar surface area (TPSA) is 106 Å². The first kappa shape index (κ1) is 19.1. The fourth-order valence-corrected chi connectivity index (χ4v) is 3.67. The molecule has 3 aromatic rings. The first-order chi connectivity index (χ1) is 13.9. The van der Waals surface area contributed by atoms with Crippen LogP contribution in [0.5, 0.6) is 0 Å². The molecule has 2 aromatic heterocycles. The molecule has 4 rings (SSSR count). The van der Waals surface area contributed by atoms with Crippen LogP contribution in [0.3, 0.4) is 0 Å². The predicted molar refractivity (Wildman–Crippen MR) is 100 cm³/mol. The number of aliphatic hydroxyl groups is 1. The van der Waals surface area contributed by atoms with Gasteiger partial charge in [0.2, 0.25) is 0 Å². The number of nitrogens with zero attached hydrogens (tertiary/aromatic N) is 4. The number of esters is 1. The van der Waals surface area contributed by atoms with Crippen molar-refractivity contribution in [3.63, 3.8) is 0 Å². The minimum atomic E-state index is -0.750. The van der Waals surface area contributed by atoms with Gasteiger partial charge in [0.1, 0.15) is 29.3 Å². The molecule has 1 fully saturated rings. The first-order valence-corrected chi connectivity index (χ1v) is 9.09. The second kappa shape index (κ2) is 7.28. The number of β-amino-alcohol motifs (C(OH)–C–C–N with tert-alkyl or cyclic N) is 1. The third-order valence-corrected chi connectivity index (χ3v) is 4.91. The highest BCUT2D eigenvalue weighted by Crippen LogP contribution is 2.37. The highest BCUT2D eigenvalue weighted by atomic mass is 19.1. The van der Waals surface area contributed by atoms with Crippen LogP contribution in [0.1, 0.15) is 35.3 Å². The van der Waals surface area contributed by atoms with Gasteiger partial charge in [0.05, 0.1) is 24.3 Å². The number of nitrogens with two attached hydrogens (primary N) is 1. The maximum atomic E-state index is 14.4. The summed E-state index contributed by atoms with van der Waals surface area (Å²) < 4.78 is 34.5. The minimum absolute atomic E-state index is 0.00317. The zero-order valence-electron chi connectivity index (χ0n) is 15.5. The second-order valence-corrected chi connectivity index (χ2v) is 6.78. The molecular weight excluding hydrogens is 384 g/mol. The Hall–Kier alpha value is -3.27. The van der Waals surface area contributed by atoms with Gasteiger partial charge >= 0.3 is 5.97 Å². The molecule has 1 aromatic carbocycles. The van der Waals surface area contributed by atoms with Crippen molar-refractivity contribution in [2.24, 2.45) is 0 Å². The number of hydrogen-bond donors (Lipinski definition) is 2. The summed E-state index contributed by atoms with van der Waals surface area (Å²) in [5, 5.41) is 14.2. The van der Waals surface area contributed by atoms with Gasteiger partial charge in [0, 0.05) is 18.2 Å². The van der Waals surface area contributed by atoms with Gasteiger partial charge in [-0.2, -0.15) is 0 Å². The monoisotopic (exact) mass is 403 g/mol. The minimum Gasteiger partial charge on any atom is -0.462 e. The number of carbonyl (C=O) groups excluding carboxylic acids is 1. The molecule has 1 aliphatic heterocycles. The van der Waals surface area contributed by atoms with E-state index in [1.165, 1.54) is 10.8 Å². The van der Waals surface area contributed by atoms with Gasteiger partial charge < -0.3 is 20.5 Å². The van der Waals surface area contributed by atoms with Gasteiger partial charge in [0.15, 0.2) is 5.82 Å². The van der Waals surface area contributed by atoms with Crippen molar-refractivity contribution in [3.05, 3.63) is 53.4 Å². The van der Waals surface area contributed by atoms with Gasteiger partial charge in [0.25, 0.3) is 0 Å². The average molecular weight is 403 g/mol. The summed E-state index contributed by atoms with van der Waals surface area (Å²) in [6, 6.07) is 4.16. The number of aliphatic hydroxyl groups excluding tert-OH is 1. The van der Waals surface area contributed by atoms with E-state index in [2.05, 4.69) is 10.1 Å². The van der Waals surface area contributed by atoms with E-state index in [4.69, 9.17) is 10.5 Å². The predicted octanol–water partition coefficient (Wildman–Crippen LogP) is 2.08. The highest BCUT2D eigenvalue weighted by Gasteiger charge is 2.35. The molecule has 1 saturated heterocycles. The van der Waals surface area contributed by atoms with Crippen LogP contribution in [0.2, 0.25) is 0 Å². The van der Waals surface area contributed by atoms with Crippen LogP contribution >= 0.6 is 0 Å². The third-order valence-electron chi connectivity index (χ3n) is 4.91. The standard InChI is InChI=1S/C19H19F2N5O3/c1-2-29-19(28)17-15-7-16(23-9-26(15)24-18(17)22)25-8-11(27)6-14(25)12-5-10(20)3-4-13(12)21/h3-5,7,9,11,14,27H,2,6,8H2,1H3,(H2,22,24)/t11-,14?/m1/s1. The molecule has 0 spiro atoms. The molecule has 3 heterocycles. The number of anilines is 2. The Balaban J connectivity index is 1.79. The van der Waals surface area contributed by atoms with Crippen molar-refractivity contribution in [2.75, 3.05) is 23.8 Å². The number of rotatable bonds is 4. The number of hydrogen-bond acceptors (Lipinski definition) is 7.